The largest absolute Gasteiger partial charge is 0.472 e. The molecule has 19 heteroatoms. The Labute approximate surface area is 683 Å². The fourth-order valence-corrected chi connectivity index (χ4v) is 16.1. The summed E-state index contributed by atoms with van der Waals surface area (Å²) in [7, 11) is -9.94. The standard InChI is InChI=1S/C92H180O17P2/c1-6-9-12-15-18-21-24-27-29-31-33-35-37-39-41-43-46-52-57-62-67-72-77-91(96)108-87(82-103-90(95)76-71-66-61-56-51-45-42-40-38-36-34-32-30-28-25-22-19-16-13-10-7-2)83-106-110(98,99)104-79-86(93)80-105-111(100,101)107-84-88(81-102-89(94)75-70-65-60-55-50-44-26-23-20-17-14-11-8-3)109-92(97)78-73-68-63-58-53-48-47-49-54-59-64-69-74-85(4)5/h85-88,93H,6-84H2,1-5H3,(H,98,99)(H,100,101)/t86-,87-,88-/m1/s1. The number of phosphoric ester groups is 2. The highest BCUT2D eigenvalue weighted by molar-refractivity contribution is 7.47. The van der Waals surface area contributed by atoms with E-state index in [0.29, 0.717) is 25.7 Å². The van der Waals surface area contributed by atoms with Crippen molar-refractivity contribution >= 4 is 39.5 Å². The number of hydrogen-bond acceptors (Lipinski definition) is 15. The quantitative estimate of drug-likeness (QED) is 0.0222. The third-order valence-corrected chi connectivity index (χ3v) is 23.7. The minimum atomic E-state index is -4.97. The molecule has 3 N–H and O–H groups in total. The Morgan fingerprint density at radius 3 is 0.613 bits per heavy atom. The summed E-state index contributed by atoms with van der Waals surface area (Å²) in [5.41, 5.74) is 0. The Bertz CT molecular complexity index is 2100. The van der Waals surface area contributed by atoms with Gasteiger partial charge in [-0.25, -0.2) is 9.13 Å². The van der Waals surface area contributed by atoms with Crippen LogP contribution in [0, 0.1) is 5.92 Å². The van der Waals surface area contributed by atoms with Crippen LogP contribution in [0.3, 0.4) is 0 Å². The number of esters is 4. The first-order valence-corrected chi connectivity index (χ1v) is 50.6. The van der Waals surface area contributed by atoms with Crippen molar-refractivity contribution in [2.45, 2.75) is 522 Å². The molecule has 0 spiro atoms. The zero-order chi connectivity index (χ0) is 81.1. The van der Waals surface area contributed by atoms with Gasteiger partial charge in [0.2, 0.25) is 0 Å². The summed E-state index contributed by atoms with van der Waals surface area (Å²) in [6, 6.07) is 0. The van der Waals surface area contributed by atoms with Crippen molar-refractivity contribution < 1.29 is 80.2 Å². The van der Waals surface area contributed by atoms with Crippen LogP contribution in [0.4, 0.5) is 0 Å². The molecule has 0 aliphatic rings. The lowest BCUT2D eigenvalue weighted by Gasteiger charge is -2.21. The molecule has 660 valence electrons. The molecule has 0 aromatic heterocycles. The van der Waals surface area contributed by atoms with E-state index in [1.807, 2.05) is 0 Å². The SMILES string of the molecule is CCCCCCCCCCCCCCCCCCCCCCCCC(=O)O[C@H](COC(=O)CCCCCCCCCCCCCCCCCCCCCCC)COP(=O)(O)OC[C@@H](O)COP(=O)(O)OC[C@@H](COC(=O)CCCCCCCCCCCCCCC)OC(=O)CCCCCCCCCCCCCCC(C)C. The highest BCUT2D eigenvalue weighted by Crippen LogP contribution is 2.45. The zero-order valence-corrected chi connectivity index (χ0v) is 74.9. The molecule has 0 aliphatic heterocycles. The highest BCUT2D eigenvalue weighted by atomic mass is 31.2. The van der Waals surface area contributed by atoms with E-state index in [1.165, 1.54) is 327 Å². The topological polar surface area (TPSA) is 237 Å². The molecule has 0 heterocycles. The van der Waals surface area contributed by atoms with Crippen molar-refractivity contribution in [2.75, 3.05) is 39.6 Å². The molecular weight excluding hydrogens is 1440 g/mol. The molecule has 0 aromatic carbocycles. The molecule has 111 heavy (non-hydrogen) atoms. The molecule has 0 radical (unpaired) electrons. The summed E-state index contributed by atoms with van der Waals surface area (Å²) in [6.45, 7) is 7.41. The predicted octanol–water partition coefficient (Wildman–Crippen LogP) is 28.7. The molecule has 0 aliphatic carbocycles. The zero-order valence-electron chi connectivity index (χ0n) is 73.1. The minimum absolute atomic E-state index is 0.108. The van der Waals surface area contributed by atoms with Gasteiger partial charge in [-0.15, -0.1) is 0 Å². The summed E-state index contributed by atoms with van der Waals surface area (Å²) in [5.74, 6) is -1.32. The number of ether oxygens (including phenoxy) is 4. The summed E-state index contributed by atoms with van der Waals surface area (Å²) >= 11 is 0. The highest BCUT2D eigenvalue weighted by Gasteiger charge is 2.31. The van der Waals surface area contributed by atoms with Gasteiger partial charge >= 0.3 is 39.5 Å². The maximum Gasteiger partial charge on any atom is 0.472 e. The second-order valence-electron chi connectivity index (χ2n) is 33.5. The van der Waals surface area contributed by atoms with Gasteiger partial charge in [-0.1, -0.05) is 452 Å². The van der Waals surface area contributed by atoms with Gasteiger partial charge in [-0.3, -0.25) is 37.3 Å². The van der Waals surface area contributed by atoms with E-state index in [9.17, 15) is 43.2 Å². The van der Waals surface area contributed by atoms with Crippen LogP contribution in [0.5, 0.6) is 0 Å². The summed E-state index contributed by atoms with van der Waals surface area (Å²) in [5, 5.41) is 10.7. The second-order valence-corrected chi connectivity index (χ2v) is 36.4. The van der Waals surface area contributed by atoms with E-state index in [0.717, 1.165) is 95.8 Å². The Balaban J connectivity index is 5.24. The maximum atomic E-state index is 13.2. The van der Waals surface area contributed by atoms with Gasteiger partial charge in [0.25, 0.3) is 0 Å². The van der Waals surface area contributed by atoms with E-state index in [-0.39, 0.29) is 25.7 Å². The molecule has 0 aromatic rings. The predicted molar refractivity (Wildman–Crippen MR) is 460 cm³/mol. The molecule has 17 nitrogen and oxygen atoms in total. The molecule has 0 rings (SSSR count). The maximum absolute atomic E-state index is 13.2. The molecule has 0 bridgehead atoms. The van der Waals surface area contributed by atoms with Gasteiger partial charge in [-0.05, 0) is 31.6 Å². The summed E-state index contributed by atoms with van der Waals surface area (Å²) in [6.07, 6.45) is 80.7. The lowest BCUT2D eigenvalue weighted by Crippen LogP contribution is -2.30. The fourth-order valence-electron chi connectivity index (χ4n) is 14.5. The number of aliphatic hydroxyl groups is 1. The third kappa shape index (κ3) is 85.8. The summed E-state index contributed by atoms with van der Waals surface area (Å²) in [4.78, 5) is 73.5. The fraction of sp³-hybridized carbons (Fsp3) is 0.957. The number of phosphoric acid groups is 2. The lowest BCUT2D eigenvalue weighted by atomic mass is 10.0. The van der Waals surface area contributed by atoms with Gasteiger partial charge in [0, 0.05) is 25.7 Å². The van der Waals surface area contributed by atoms with Crippen LogP contribution >= 0.6 is 15.6 Å². The van der Waals surface area contributed by atoms with E-state index < -0.39 is 97.5 Å². The van der Waals surface area contributed by atoms with Crippen molar-refractivity contribution in [1.29, 1.82) is 0 Å². The number of hydrogen-bond donors (Lipinski definition) is 3. The molecule has 5 atom stereocenters. The van der Waals surface area contributed by atoms with Crippen LogP contribution in [-0.2, 0) is 65.4 Å². The van der Waals surface area contributed by atoms with Crippen molar-refractivity contribution in [2.24, 2.45) is 5.92 Å². The molecule has 0 saturated carbocycles. The van der Waals surface area contributed by atoms with Crippen molar-refractivity contribution in [3.05, 3.63) is 0 Å². The summed E-state index contributed by atoms with van der Waals surface area (Å²) < 4.78 is 69.1. The van der Waals surface area contributed by atoms with Crippen LogP contribution in [0.1, 0.15) is 503 Å². The second kappa shape index (κ2) is 84.5. The number of carbonyl (C=O) groups excluding carboxylic acids is 4. The number of aliphatic hydroxyl groups excluding tert-OH is 1. The minimum Gasteiger partial charge on any atom is -0.462 e. The molecule has 0 amide bonds. The Kier molecular flexibility index (Phi) is 83.0. The Morgan fingerprint density at radius 2 is 0.414 bits per heavy atom. The molecular formula is C92H180O17P2. The van der Waals surface area contributed by atoms with Crippen LogP contribution in [0.2, 0.25) is 0 Å². The first-order valence-electron chi connectivity index (χ1n) is 47.6. The van der Waals surface area contributed by atoms with Crippen molar-refractivity contribution in [1.82, 2.24) is 0 Å². The monoisotopic (exact) mass is 1620 g/mol. The Morgan fingerprint density at radius 1 is 0.243 bits per heavy atom. The van der Waals surface area contributed by atoms with Gasteiger partial charge < -0.3 is 33.8 Å². The van der Waals surface area contributed by atoms with Crippen LogP contribution in [0.25, 0.3) is 0 Å². The van der Waals surface area contributed by atoms with E-state index in [4.69, 9.17) is 37.0 Å². The molecule has 0 saturated heterocycles. The van der Waals surface area contributed by atoms with Crippen LogP contribution in [0.15, 0.2) is 0 Å². The lowest BCUT2D eigenvalue weighted by molar-refractivity contribution is -0.161. The smallest absolute Gasteiger partial charge is 0.462 e. The van der Waals surface area contributed by atoms with E-state index in [2.05, 4.69) is 34.6 Å². The normalized spacial score (nSPS) is 13.7. The van der Waals surface area contributed by atoms with Gasteiger partial charge in [0.15, 0.2) is 12.2 Å². The number of rotatable bonds is 92. The van der Waals surface area contributed by atoms with E-state index >= 15 is 0 Å². The first kappa shape index (κ1) is 109. The Hall–Kier alpha value is -1.94. The van der Waals surface area contributed by atoms with Gasteiger partial charge in [0.05, 0.1) is 26.4 Å². The average Bonchev–Trinajstić information content (AvgIpc) is 0.900. The van der Waals surface area contributed by atoms with Crippen molar-refractivity contribution in [3.8, 4) is 0 Å². The van der Waals surface area contributed by atoms with E-state index in [1.54, 1.807) is 0 Å². The third-order valence-electron chi connectivity index (χ3n) is 21.8. The number of unbranched alkanes of at least 4 members (excludes halogenated alkanes) is 64. The number of carbonyl (C=O) groups is 4. The van der Waals surface area contributed by atoms with Crippen molar-refractivity contribution in [3.63, 3.8) is 0 Å². The average molecular weight is 1620 g/mol. The van der Waals surface area contributed by atoms with Gasteiger partial charge in [0.1, 0.15) is 19.3 Å². The van der Waals surface area contributed by atoms with Crippen LogP contribution in [-0.4, -0.2) is 96.7 Å². The molecule has 2 unspecified atom stereocenters. The first-order chi connectivity index (χ1) is 54.0. The van der Waals surface area contributed by atoms with Crippen LogP contribution < -0.4 is 0 Å². The van der Waals surface area contributed by atoms with Gasteiger partial charge in [-0.2, -0.15) is 0 Å². The molecule has 0 fully saturated rings.